The largest absolute Gasteiger partial charge is 0.0877 e. The molecule has 0 aliphatic heterocycles. The average molecular weight is 390 g/mol. The van der Waals surface area contributed by atoms with Crippen LogP contribution in [0.1, 0.15) is 45.9 Å². The SMILES string of the molecule is BrC1[C@H]2c3ccccc3[C@@H]1[C@@H](Br)C1c3ccccc3C12. The lowest BCUT2D eigenvalue weighted by atomic mass is 9.56. The Balaban J connectivity index is 1.76. The highest BCUT2D eigenvalue weighted by atomic mass is 79.9. The van der Waals surface area contributed by atoms with Crippen LogP contribution in [0.15, 0.2) is 48.5 Å². The fourth-order valence-corrected chi connectivity index (χ4v) is 7.71. The van der Waals surface area contributed by atoms with Crippen molar-refractivity contribution in [3.8, 4) is 0 Å². The molecule has 3 aliphatic carbocycles. The van der Waals surface area contributed by atoms with Crippen LogP contribution >= 0.6 is 31.9 Å². The molecule has 0 heterocycles. The van der Waals surface area contributed by atoms with E-state index in [-0.39, 0.29) is 0 Å². The second-order valence-corrected chi connectivity index (χ2v) is 8.36. The molecule has 1 fully saturated rings. The summed E-state index contributed by atoms with van der Waals surface area (Å²) in [5, 5.41) is 0. The van der Waals surface area contributed by atoms with E-state index in [2.05, 4.69) is 80.4 Å². The van der Waals surface area contributed by atoms with Gasteiger partial charge in [0.05, 0.1) is 0 Å². The van der Waals surface area contributed by atoms with Crippen LogP contribution in [0.3, 0.4) is 0 Å². The van der Waals surface area contributed by atoms with Gasteiger partial charge in [0.1, 0.15) is 0 Å². The molecule has 2 aromatic rings. The highest BCUT2D eigenvalue weighted by molar-refractivity contribution is 9.10. The number of alkyl halides is 2. The molecule has 3 aliphatic rings. The predicted octanol–water partition coefficient (Wildman–Crippen LogP) is 5.29. The molecule has 0 spiro atoms. The predicted molar refractivity (Wildman–Crippen MR) is 89.3 cm³/mol. The van der Waals surface area contributed by atoms with E-state index in [1.54, 1.807) is 22.3 Å². The summed E-state index contributed by atoms with van der Waals surface area (Å²) in [5.74, 6) is 2.61. The van der Waals surface area contributed by atoms with Crippen molar-refractivity contribution in [1.29, 1.82) is 0 Å². The molecular weight excluding hydrogens is 376 g/mol. The number of halogens is 2. The molecular formula is C18H14Br2. The second kappa shape index (κ2) is 3.98. The molecule has 20 heavy (non-hydrogen) atoms. The third-order valence-electron chi connectivity index (χ3n) is 5.57. The van der Waals surface area contributed by atoms with E-state index < -0.39 is 0 Å². The Bertz CT molecular complexity index is 708. The molecule has 100 valence electrons. The Morgan fingerprint density at radius 3 is 1.30 bits per heavy atom. The summed E-state index contributed by atoms with van der Waals surface area (Å²) in [5.41, 5.74) is 6.28. The molecule has 2 aromatic carbocycles. The Labute approximate surface area is 135 Å². The first-order valence-electron chi connectivity index (χ1n) is 7.25. The van der Waals surface area contributed by atoms with Gasteiger partial charge in [-0.15, -0.1) is 0 Å². The zero-order valence-electron chi connectivity index (χ0n) is 10.8. The third kappa shape index (κ3) is 1.24. The highest BCUT2D eigenvalue weighted by Gasteiger charge is 2.59. The summed E-state index contributed by atoms with van der Waals surface area (Å²) in [6.07, 6.45) is 0. The summed E-state index contributed by atoms with van der Waals surface area (Å²) >= 11 is 8.08. The van der Waals surface area contributed by atoms with E-state index in [0.29, 0.717) is 33.3 Å². The van der Waals surface area contributed by atoms with Crippen LogP contribution in [-0.2, 0) is 0 Å². The van der Waals surface area contributed by atoms with Gasteiger partial charge in [0, 0.05) is 33.3 Å². The highest BCUT2D eigenvalue weighted by Crippen LogP contribution is 2.70. The van der Waals surface area contributed by atoms with Crippen LogP contribution < -0.4 is 0 Å². The molecule has 0 saturated heterocycles. The molecule has 3 unspecified atom stereocenters. The summed E-state index contributed by atoms with van der Waals surface area (Å²) < 4.78 is 0. The van der Waals surface area contributed by atoms with E-state index in [0.717, 1.165) is 0 Å². The van der Waals surface area contributed by atoms with Gasteiger partial charge < -0.3 is 0 Å². The number of fused-ring (bicyclic) bond motifs is 10. The zero-order valence-corrected chi connectivity index (χ0v) is 14.0. The standard InChI is InChI=1S/C18H14Br2/c19-17-14-10-6-2-1-5-9(10)13(14)15-11-7-3-4-8-12(11)16(17)18(15)20/h1-8,13-18H/t13?,14?,15-,16+,17-,18?/m0/s1. The normalized spacial score (nSPS) is 39.5. The first-order chi connectivity index (χ1) is 9.79. The van der Waals surface area contributed by atoms with E-state index in [1.165, 1.54) is 0 Å². The first kappa shape index (κ1) is 12.0. The van der Waals surface area contributed by atoms with Crippen molar-refractivity contribution >= 4 is 31.9 Å². The zero-order chi connectivity index (χ0) is 13.4. The number of hydrogen-bond acceptors (Lipinski definition) is 0. The van der Waals surface area contributed by atoms with Crippen LogP contribution in [0.25, 0.3) is 0 Å². The third-order valence-corrected chi connectivity index (χ3v) is 7.85. The van der Waals surface area contributed by atoms with Crippen LogP contribution in [0.4, 0.5) is 0 Å². The maximum atomic E-state index is 4.05. The molecule has 0 nitrogen and oxygen atoms in total. The Morgan fingerprint density at radius 1 is 0.500 bits per heavy atom. The number of hydrogen-bond donors (Lipinski definition) is 0. The summed E-state index contributed by atoms with van der Waals surface area (Å²) in [4.78, 5) is 1.12. The molecule has 1 saturated carbocycles. The van der Waals surface area contributed by atoms with Crippen molar-refractivity contribution in [1.82, 2.24) is 0 Å². The van der Waals surface area contributed by atoms with E-state index in [4.69, 9.17) is 0 Å². The van der Waals surface area contributed by atoms with Crippen molar-refractivity contribution < 1.29 is 0 Å². The van der Waals surface area contributed by atoms with Crippen molar-refractivity contribution in [3.63, 3.8) is 0 Å². The lowest BCUT2D eigenvalue weighted by Gasteiger charge is -2.51. The fourth-order valence-electron chi connectivity index (χ4n) is 4.84. The van der Waals surface area contributed by atoms with Crippen LogP contribution in [0.2, 0.25) is 0 Å². The Morgan fingerprint density at radius 2 is 0.850 bits per heavy atom. The quantitative estimate of drug-likeness (QED) is 0.537. The lowest BCUT2D eigenvalue weighted by molar-refractivity contribution is 0.320. The minimum absolute atomic E-state index is 0.548. The van der Waals surface area contributed by atoms with E-state index in [1.807, 2.05) is 0 Å². The van der Waals surface area contributed by atoms with Gasteiger partial charge in [0.2, 0.25) is 0 Å². The van der Waals surface area contributed by atoms with Crippen molar-refractivity contribution in [2.24, 2.45) is 0 Å². The van der Waals surface area contributed by atoms with Gasteiger partial charge in [0.15, 0.2) is 0 Å². The molecule has 0 amide bonds. The number of rotatable bonds is 0. The van der Waals surface area contributed by atoms with Crippen molar-refractivity contribution in [2.75, 3.05) is 0 Å². The molecule has 2 heteroatoms. The van der Waals surface area contributed by atoms with Crippen LogP contribution in [0.5, 0.6) is 0 Å². The average Bonchev–Trinajstić information content (AvgIpc) is 2.68. The van der Waals surface area contributed by atoms with Gasteiger partial charge in [-0.25, -0.2) is 0 Å². The Hall–Kier alpha value is -0.600. The molecule has 0 N–H and O–H groups in total. The van der Waals surface area contributed by atoms with E-state index in [9.17, 15) is 0 Å². The second-order valence-electron chi connectivity index (χ2n) is 6.25. The van der Waals surface area contributed by atoms with Crippen molar-refractivity contribution in [3.05, 3.63) is 70.8 Å². The lowest BCUT2D eigenvalue weighted by Crippen LogP contribution is -2.44. The van der Waals surface area contributed by atoms with Gasteiger partial charge in [-0.2, -0.15) is 0 Å². The maximum absolute atomic E-state index is 4.05. The summed E-state index contributed by atoms with van der Waals surface area (Å²) in [6.45, 7) is 0. The monoisotopic (exact) mass is 388 g/mol. The summed E-state index contributed by atoms with van der Waals surface area (Å²) in [7, 11) is 0. The number of benzene rings is 2. The van der Waals surface area contributed by atoms with Gasteiger partial charge in [-0.05, 0) is 22.3 Å². The molecule has 5 rings (SSSR count). The van der Waals surface area contributed by atoms with E-state index >= 15 is 0 Å². The minimum atomic E-state index is 0.548. The van der Waals surface area contributed by atoms with Gasteiger partial charge in [-0.3, -0.25) is 0 Å². The molecule has 6 atom stereocenters. The fraction of sp³-hybridized carbons (Fsp3) is 0.333. The minimum Gasteiger partial charge on any atom is -0.0877 e. The topological polar surface area (TPSA) is 0 Å². The summed E-state index contributed by atoms with van der Waals surface area (Å²) in [6, 6.07) is 18.1. The maximum Gasteiger partial charge on any atom is 0.0300 e. The van der Waals surface area contributed by atoms with Crippen LogP contribution in [0, 0.1) is 0 Å². The molecule has 0 aromatic heterocycles. The first-order valence-corrected chi connectivity index (χ1v) is 9.08. The Kier molecular flexibility index (Phi) is 2.39. The van der Waals surface area contributed by atoms with Crippen molar-refractivity contribution in [2.45, 2.75) is 33.3 Å². The van der Waals surface area contributed by atoms with Crippen LogP contribution in [-0.4, -0.2) is 9.65 Å². The van der Waals surface area contributed by atoms with Gasteiger partial charge in [-0.1, -0.05) is 80.4 Å². The molecule has 2 bridgehead atoms. The van der Waals surface area contributed by atoms with Gasteiger partial charge >= 0.3 is 0 Å². The molecule has 0 radical (unpaired) electrons. The smallest absolute Gasteiger partial charge is 0.0300 e. The van der Waals surface area contributed by atoms with Gasteiger partial charge in [0.25, 0.3) is 0 Å².